The van der Waals surface area contributed by atoms with Crippen molar-refractivity contribution in [2.45, 2.75) is 37.2 Å². The number of fused-ring (bicyclic) bond motifs is 2. The molecule has 5 heteroatoms. The molecule has 3 rings (SSSR count). The van der Waals surface area contributed by atoms with Crippen LogP contribution in [0, 0.1) is 24.7 Å². The molecule has 4 nitrogen and oxygen atoms in total. The predicted octanol–water partition coefficient (Wildman–Crippen LogP) is 2.11. The van der Waals surface area contributed by atoms with E-state index in [4.69, 9.17) is 4.18 Å². The molecule has 0 aromatic heterocycles. The highest BCUT2D eigenvalue weighted by atomic mass is 32.2. The van der Waals surface area contributed by atoms with Crippen molar-refractivity contribution in [1.29, 1.82) is 0 Å². The second-order valence-electron chi connectivity index (χ2n) is 6.12. The van der Waals surface area contributed by atoms with Crippen molar-refractivity contribution >= 4 is 10.1 Å². The van der Waals surface area contributed by atoms with Gasteiger partial charge in [-0.05, 0) is 56.1 Å². The molecule has 0 aliphatic heterocycles. The largest absolute Gasteiger partial charge is 0.393 e. The molecule has 2 aliphatic rings. The van der Waals surface area contributed by atoms with Gasteiger partial charge in [0, 0.05) is 0 Å². The topological polar surface area (TPSA) is 63.6 Å². The lowest BCUT2D eigenvalue weighted by Gasteiger charge is -2.25. The molecule has 110 valence electrons. The number of rotatable bonds is 4. The molecule has 20 heavy (non-hydrogen) atoms. The normalized spacial score (nSPS) is 32.7. The summed E-state index contributed by atoms with van der Waals surface area (Å²) in [5.41, 5.74) is 1.01. The van der Waals surface area contributed by atoms with Crippen molar-refractivity contribution in [3.63, 3.8) is 0 Å². The van der Waals surface area contributed by atoms with E-state index >= 15 is 0 Å². The second-order valence-corrected chi connectivity index (χ2v) is 7.73. The van der Waals surface area contributed by atoms with Crippen LogP contribution in [0.5, 0.6) is 0 Å². The van der Waals surface area contributed by atoms with E-state index in [-0.39, 0.29) is 29.4 Å². The number of aliphatic hydroxyl groups is 1. The first-order chi connectivity index (χ1) is 9.45. The first kappa shape index (κ1) is 14.0. The zero-order chi connectivity index (χ0) is 14.3. The Hall–Kier alpha value is -0.910. The van der Waals surface area contributed by atoms with E-state index in [2.05, 4.69) is 0 Å². The lowest BCUT2D eigenvalue weighted by Crippen LogP contribution is -2.28. The van der Waals surface area contributed by atoms with E-state index in [1.165, 1.54) is 0 Å². The molecular formula is C15H20O4S. The lowest BCUT2D eigenvalue weighted by atomic mass is 9.87. The van der Waals surface area contributed by atoms with E-state index < -0.39 is 10.1 Å². The third-order valence-electron chi connectivity index (χ3n) is 4.66. The third kappa shape index (κ3) is 2.62. The molecule has 0 heterocycles. The number of hydrogen-bond acceptors (Lipinski definition) is 4. The molecule has 0 amide bonds. The summed E-state index contributed by atoms with van der Waals surface area (Å²) in [6.07, 6.45) is 2.58. The average molecular weight is 296 g/mol. The number of benzene rings is 1. The van der Waals surface area contributed by atoms with Gasteiger partial charge in [0.05, 0.1) is 17.6 Å². The van der Waals surface area contributed by atoms with Crippen molar-refractivity contribution in [2.75, 3.05) is 6.61 Å². The molecule has 1 N–H and O–H groups in total. The van der Waals surface area contributed by atoms with E-state index in [0.717, 1.165) is 24.8 Å². The maximum Gasteiger partial charge on any atom is 0.296 e. The number of aryl methyl sites for hydroxylation is 1. The maximum atomic E-state index is 12.1. The minimum Gasteiger partial charge on any atom is -0.393 e. The Morgan fingerprint density at radius 3 is 2.50 bits per heavy atom. The van der Waals surface area contributed by atoms with Gasteiger partial charge in [-0.1, -0.05) is 17.7 Å². The maximum absolute atomic E-state index is 12.1. The van der Waals surface area contributed by atoms with Crippen molar-refractivity contribution in [3.8, 4) is 0 Å². The van der Waals surface area contributed by atoms with Crippen LogP contribution in [0.3, 0.4) is 0 Å². The quantitative estimate of drug-likeness (QED) is 0.864. The van der Waals surface area contributed by atoms with Gasteiger partial charge in [-0.25, -0.2) is 0 Å². The Bertz CT molecular complexity index is 578. The van der Waals surface area contributed by atoms with Crippen LogP contribution in [0.4, 0.5) is 0 Å². The first-order valence-electron chi connectivity index (χ1n) is 7.10. The summed E-state index contributed by atoms with van der Waals surface area (Å²) in [7, 11) is -3.68. The summed E-state index contributed by atoms with van der Waals surface area (Å²) < 4.78 is 29.4. The fourth-order valence-corrected chi connectivity index (χ4v) is 4.56. The van der Waals surface area contributed by atoms with Crippen LogP contribution in [0.2, 0.25) is 0 Å². The van der Waals surface area contributed by atoms with Crippen LogP contribution >= 0.6 is 0 Å². The van der Waals surface area contributed by atoms with Gasteiger partial charge in [-0.15, -0.1) is 0 Å². The molecule has 0 radical (unpaired) electrons. The molecule has 2 fully saturated rings. The van der Waals surface area contributed by atoms with E-state index in [9.17, 15) is 13.5 Å². The number of hydrogen-bond donors (Lipinski definition) is 1. The Morgan fingerprint density at radius 2 is 1.90 bits per heavy atom. The van der Waals surface area contributed by atoms with Gasteiger partial charge in [0.1, 0.15) is 0 Å². The summed E-state index contributed by atoms with van der Waals surface area (Å²) in [4.78, 5) is 0.201. The molecule has 0 saturated heterocycles. The predicted molar refractivity (Wildman–Crippen MR) is 74.6 cm³/mol. The van der Waals surface area contributed by atoms with Crippen LogP contribution in [0.15, 0.2) is 29.2 Å². The molecule has 2 bridgehead atoms. The summed E-state index contributed by atoms with van der Waals surface area (Å²) in [6.45, 7) is 2.10. The molecular weight excluding hydrogens is 276 g/mol. The van der Waals surface area contributed by atoms with Gasteiger partial charge >= 0.3 is 0 Å². The summed E-state index contributed by atoms with van der Waals surface area (Å²) in [5.74, 6) is 0.933. The molecule has 0 unspecified atom stereocenters. The van der Waals surface area contributed by atoms with Gasteiger partial charge < -0.3 is 5.11 Å². The van der Waals surface area contributed by atoms with Crippen molar-refractivity contribution in [2.24, 2.45) is 17.8 Å². The van der Waals surface area contributed by atoms with Gasteiger partial charge in [-0.3, -0.25) is 4.18 Å². The monoisotopic (exact) mass is 296 g/mol. The minimum atomic E-state index is -3.68. The van der Waals surface area contributed by atoms with Crippen molar-refractivity contribution < 1.29 is 17.7 Å². The first-order valence-corrected chi connectivity index (χ1v) is 8.51. The molecule has 0 spiro atoms. The van der Waals surface area contributed by atoms with Crippen molar-refractivity contribution in [3.05, 3.63) is 29.8 Å². The summed E-state index contributed by atoms with van der Waals surface area (Å²) in [5, 5.41) is 9.86. The molecule has 1 aromatic carbocycles. The Kier molecular flexibility index (Phi) is 3.60. The minimum absolute atomic E-state index is 0.170. The van der Waals surface area contributed by atoms with Crippen LogP contribution in [0.25, 0.3) is 0 Å². The van der Waals surface area contributed by atoms with Crippen LogP contribution in [-0.4, -0.2) is 26.2 Å². The standard InChI is InChI=1S/C15H20O4S/c1-10-2-4-13(5-3-10)20(17,18)19-9-12-6-11-7-14(12)15(16)8-11/h2-5,11-12,14-16H,6-9H2,1H3/t11-,12+,14-,15-/m1/s1. The fourth-order valence-electron chi connectivity index (χ4n) is 3.60. The van der Waals surface area contributed by atoms with E-state index in [1.807, 2.05) is 6.92 Å². The third-order valence-corrected chi connectivity index (χ3v) is 5.96. The highest BCUT2D eigenvalue weighted by Gasteiger charge is 2.45. The van der Waals surface area contributed by atoms with E-state index in [1.54, 1.807) is 24.3 Å². The highest BCUT2D eigenvalue weighted by Crippen LogP contribution is 2.48. The van der Waals surface area contributed by atoms with Gasteiger partial charge in [0.15, 0.2) is 0 Å². The van der Waals surface area contributed by atoms with Gasteiger partial charge in [0.25, 0.3) is 10.1 Å². The van der Waals surface area contributed by atoms with Crippen LogP contribution < -0.4 is 0 Å². The van der Waals surface area contributed by atoms with Crippen LogP contribution in [-0.2, 0) is 14.3 Å². The Morgan fingerprint density at radius 1 is 1.20 bits per heavy atom. The Balaban J connectivity index is 1.64. The molecule has 2 aliphatic carbocycles. The summed E-state index contributed by atoms with van der Waals surface area (Å²) in [6, 6.07) is 6.66. The lowest BCUT2D eigenvalue weighted by molar-refractivity contribution is 0.0622. The number of aliphatic hydroxyl groups excluding tert-OH is 1. The highest BCUT2D eigenvalue weighted by molar-refractivity contribution is 7.86. The molecule has 4 atom stereocenters. The zero-order valence-electron chi connectivity index (χ0n) is 11.5. The molecule has 2 saturated carbocycles. The average Bonchev–Trinajstić information content (AvgIpc) is 2.95. The fraction of sp³-hybridized carbons (Fsp3) is 0.600. The van der Waals surface area contributed by atoms with Gasteiger partial charge in [0.2, 0.25) is 0 Å². The smallest absolute Gasteiger partial charge is 0.296 e. The Labute approximate surface area is 119 Å². The summed E-state index contributed by atoms with van der Waals surface area (Å²) >= 11 is 0. The second kappa shape index (κ2) is 5.13. The molecule has 1 aromatic rings. The van der Waals surface area contributed by atoms with Gasteiger partial charge in [-0.2, -0.15) is 8.42 Å². The van der Waals surface area contributed by atoms with Crippen molar-refractivity contribution in [1.82, 2.24) is 0 Å². The zero-order valence-corrected chi connectivity index (χ0v) is 12.3. The van der Waals surface area contributed by atoms with Crippen LogP contribution in [0.1, 0.15) is 24.8 Å². The van der Waals surface area contributed by atoms with E-state index in [0.29, 0.717) is 5.92 Å². The SMILES string of the molecule is Cc1ccc(S(=O)(=O)OC[C@@H]2C[C@@H]3C[C@H]2[C@H](O)C3)cc1.